The molecule has 536 valence electrons. The van der Waals surface area contributed by atoms with Crippen LogP contribution in [0.15, 0.2) is 328 Å². The highest BCUT2D eigenvalue weighted by molar-refractivity contribution is 6.30. The first-order valence-corrected chi connectivity index (χ1v) is 39.1. The van der Waals surface area contributed by atoms with E-state index in [0.29, 0.717) is 22.3 Å². The zero-order valence-electron chi connectivity index (χ0n) is 63.9. The Morgan fingerprint density at radius 1 is 0.181 bits per heavy atom. The number of aryl methyl sites for hydroxylation is 4. The van der Waals surface area contributed by atoms with Gasteiger partial charge < -0.3 is 0 Å². The summed E-state index contributed by atoms with van der Waals surface area (Å²) in [6.45, 7) is 8.40. The lowest BCUT2D eigenvalue weighted by Crippen LogP contribution is -1.94. The minimum Gasteiger partial charge on any atom is -0.256 e. The molecule has 20 aromatic rings. The second-order valence-electron chi connectivity index (χ2n) is 30.8. The third kappa shape index (κ3) is 10.9. The van der Waals surface area contributed by atoms with Crippen LogP contribution in [0.5, 0.6) is 0 Å². The molecule has 116 heavy (non-hydrogen) atoms. The van der Waals surface area contributed by atoms with Gasteiger partial charge in [-0.15, -0.1) is 0 Å². The summed E-state index contributed by atoms with van der Waals surface area (Å²) in [5.41, 5.74) is 34.4. The van der Waals surface area contributed by atoms with Gasteiger partial charge in [0.15, 0.2) is 0 Å². The first-order valence-electron chi connectivity index (χ1n) is 39.1. The van der Waals surface area contributed by atoms with Crippen molar-refractivity contribution in [2.24, 2.45) is 0 Å². The summed E-state index contributed by atoms with van der Waals surface area (Å²) in [6, 6.07) is 122. The molecule has 0 saturated carbocycles. The minimum absolute atomic E-state index is 0.646. The quantitative estimate of drug-likeness (QED) is 0.140. The zero-order chi connectivity index (χ0) is 78.1. The first kappa shape index (κ1) is 68.3. The third-order valence-electron chi connectivity index (χ3n) is 24.3. The highest BCUT2D eigenvalue weighted by atomic mass is 14.7. The lowest BCUT2D eigenvalue weighted by atomic mass is 9.84. The molecule has 6 nitrogen and oxygen atoms in total. The number of rotatable bonds is 8. The third-order valence-corrected chi connectivity index (χ3v) is 24.3. The molecule has 18 aromatic carbocycles. The fourth-order valence-electron chi connectivity index (χ4n) is 18.9. The number of nitrogens with zero attached hydrogens (tertiary/aromatic N) is 6. The summed E-state index contributed by atoms with van der Waals surface area (Å²) in [6.07, 6.45) is 3.67. The monoisotopic (exact) mass is 1470 g/mol. The van der Waals surface area contributed by atoms with Crippen LogP contribution >= 0.6 is 0 Å². The first-order chi connectivity index (χ1) is 57.0. The predicted octanol–water partition coefficient (Wildman–Crippen LogP) is 28.7. The van der Waals surface area contributed by atoms with Crippen LogP contribution < -0.4 is 0 Å². The molecule has 22 rings (SSSR count). The van der Waals surface area contributed by atoms with E-state index in [1.807, 2.05) is 85.2 Å². The lowest BCUT2D eigenvalue weighted by Gasteiger charge is -2.19. The molecule has 2 heterocycles. The second-order valence-corrected chi connectivity index (χ2v) is 30.8. The van der Waals surface area contributed by atoms with E-state index in [1.54, 1.807) is 0 Å². The van der Waals surface area contributed by atoms with Crippen LogP contribution in [-0.2, 0) is 0 Å². The molecule has 0 spiro atoms. The van der Waals surface area contributed by atoms with Gasteiger partial charge in [0.05, 0.1) is 57.9 Å². The second kappa shape index (κ2) is 27.1. The van der Waals surface area contributed by atoms with Gasteiger partial charge in [0.25, 0.3) is 0 Å². The summed E-state index contributed by atoms with van der Waals surface area (Å²) < 4.78 is 0. The van der Waals surface area contributed by atoms with Crippen molar-refractivity contribution in [3.63, 3.8) is 0 Å². The standard InChI is InChI=1S/2C55H33N3/c1-32-23-34(30-56)14-17-38(32)46-27-52-48(41-19-16-37(25-45(41)46)54-13-6-7-22-58-54)26-47(39-18-15-35(31-57)24-33(39)2)51-29-50-44-21-20-40(36-9-4-3-5-10-36)42-11-8-12-43(55(42)44)49(50)28-53(51)52;1-32-23-34(30-56)14-17-38(32)46-27-52-48(41-19-16-37(25-45(41)46)54-13-6-7-22-58-54)26-47(39-18-15-35(31-57)24-33(39)2)51-28-49-43-12-8-11-42-40(36-9-4-3-5-10-36)20-21-44(55(42)43)50(49)29-53(51)52/h2*3-29H,1-2H3. The maximum Gasteiger partial charge on any atom is 0.0991 e. The molecule has 0 bridgehead atoms. The minimum atomic E-state index is 0.646. The summed E-state index contributed by atoms with van der Waals surface area (Å²) in [7, 11) is 0. The number of hydrogen-bond acceptors (Lipinski definition) is 6. The van der Waals surface area contributed by atoms with Gasteiger partial charge in [0.1, 0.15) is 0 Å². The number of nitriles is 4. The highest BCUT2D eigenvalue weighted by Crippen LogP contribution is 2.56. The van der Waals surface area contributed by atoms with Crippen LogP contribution in [0.3, 0.4) is 0 Å². The summed E-state index contributed by atoms with van der Waals surface area (Å²) in [5, 5.41) is 58.1. The summed E-state index contributed by atoms with van der Waals surface area (Å²) in [4.78, 5) is 9.42. The molecule has 2 aliphatic rings. The fourth-order valence-corrected chi connectivity index (χ4v) is 18.9. The van der Waals surface area contributed by atoms with E-state index in [9.17, 15) is 21.0 Å². The Morgan fingerprint density at radius 3 is 0.793 bits per heavy atom. The van der Waals surface area contributed by atoms with Crippen molar-refractivity contribution >= 4 is 86.2 Å². The van der Waals surface area contributed by atoms with Gasteiger partial charge in [0, 0.05) is 23.5 Å². The molecule has 2 aliphatic carbocycles. The van der Waals surface area contributed by atoms with Crippen LogP contribution in [0, 0.1) is 73.0 Å². The van der Waals surface area contributed by atoms with Crippen molar-refractivity contribution in [3.05, 3.63) is 372 Å². The van der Waals surface area contributed by atoms with Gasteiger partial charge in [-0.25, -0.2) is 0 Å². The summed E-state index contributed by atoms with van der Waals surface area (Å²) in [5.74, 6) is 0. The van der Waals surface area contributed by atoms with E-state index in [1.165, 1.54) is 110 Å². The molecule has 2 aromatic heterocycles. The molecular weight excluding hydrogens is 1410 g/mol. The van der Waals surface area contributed by atoms with Gasteiger partial charge >= 0.3 is 0 Å². The van der Waals surface area contributed by atoms with Crippen LogP contribution in [-0.4, -0.2) is 9.97 Å². The van der Waals surface area contributed by atoms with Crippen molar-refractivity contribution in [3.8, 4) is 158 Å². The number of aromatic nitrogens is 2. The van der Waals surface area contributed by atoms with Crippen LogP contribution in [0.25, 0.3) is 220 Å². The Hall–Kier alpha value is -15.7. The SMILES string of the molecule is Cc1cc(C#N)ccc1-c1cc2c3cc4c(cc3c(-c3ccc(C#N)cc3C)cc2c2ccc(-c3ccccn3)cc12)-c1ccc(-c2ccccc2)c2cccc-4c12.Cc1cc(C#N)ccc1-c1cc2c3cc4c(cc3c(-c3ccc(C#N)cc3C)cc2c2ccc(-c3ccccn3)cc12)-c1cccc2c(-c3ccccc3)ccc-4c12. The Kier molecular flexibility index (Phi) is 15.9. The molecule has 0 atom stereocenters. The summed E-state index contributed by atoms with van der Waals surface area (Å²) >= 11 is 0. The molecule has 0 unspecified atom stereocenters. The number of fused-ring (bicyclic) bond motifs is 16. The van der Waals surface area contributed by atoms with E-state index in [0.717, 1.165) is 132 Å². The number of hydrogen-bond donors (Lipinski definition) is 0. The van der Waals surface area contributed by atoms with E-state index < -0.39 is 0 Å². The van der Waals surface area contributed by atoms with E-state index in [4.69, 9.17) is 9.97 Å². The van der Waals surface area contributed by atoms with Gasteiger partial charge in [-0.2, -0.15) is 21.0 Å². The van der Waals surface area contributed by atoms with Crippen molar-refractivity contribution < 1.29 is 0 Å². The van der Waals surface area contributed by atoms with Crippen LogP contribution in [0.2, 0.25) is 0 Å². The average Bonchev–Trinajstić information content (AvgIpc) is 1.46. The van der Waals surface area contributed by atoms with E-state index in [2.05, 4.69) is 295 Å². The van der Waals surface area contributed by atoms with Gasteiger partial charge in [-0.3, -0.25) is 9.97 Å². The van der Waals surface area contributed by atoms with Crippen molar-refractivity contribution in [1.29, 1.82) is 21.0 Å². The largest absolute Gasteiger partial charge is 0.256 e. The van der Waals surface area contributed by atoms with Gasteiger partial charge in [-0.05, 0) is 381 Å². The molecule has 0 aliphatic heterocycles. The van der Waals surface area contributed by atoms with E-state index in [-0.39, 0.29) is 0 Å². The molecule has 0 N–H and O–H groups in total. The van der Waals surface area contributed by atoms with E-state index >= 15 is 0 Å². The highest BCUT2D eigenvalue weighted by Gasteiger charge is 2.30. The van der Waals surface area contributed by atoms with Gasteiger partial charge in [0.2, 0.25) is 0 Å². The topological polar surface area (TPSA) is 121 Å². The maximum atomic E-state index is 9.81. The predicted molar refractivity (Wildman–Crippen MR) is 479 cm³/mol. The Bertz CT molecular complexity index is 7470. The number of benzene rings is 18. The van der Waals surface area contributed by atoms with Crippen molar-refractivity contribution in [1.82, 2.24) is 9.97 Å². The molecule has 0 saturated heterocycles. The Balaban J connectivity index is 0.000000145. The molecule has 0 fully saturated rings. The maximum absolute atomic E-state index is 9.81. The Labute approximate surface area is 670 Å². The van der Waals surface area contributed by atoms with Crippen LogP contribution in [0.1, 0.15) is 44.5 Å². The van der Waals surface area contributed by atoms with Crippen molar-refractivity contribution in [2.45, 2.75) is 27.7 Å². The van der Waals surface area contributed by atoms with Crippen LogP contribution in [0.4, 0.5) is 0 Å². The smallest absolute Gasteiger partial charge is 0.0991 e. The van der Waals surface area contributed by atoms with Gasteiger partial charge in [-0.1, -0.05) is 182 Å². The average molecular weight is 1470 g/mol. The van der Waals surface area contributed by atoms with Crippen molar-refractivity contribution in [2.75, 3.05) is 0 Å². The molecule has 0 amide bonds. The Morgan fingerprint density at radius 2 is 0.466 bits per heavy atom. The zero-order valence-corrected chi connectivity index (χ0v) is 63.9. The number of pyridine rings is 2. The lowest BCUT2D eigenvalue weighted by molar-refractivity contribution is 1.33. The molecule has 0 radical (unpaired) electrons. The molecule has 6 heteroatoms. The fraction of sp³-hybridized carbons (Fsp3) is 0.0364. The molecular formula is C110H66N6. The normalized spacial score (nSPS) is 11.6.